The summed E-state index contributed by atoms with van der Waals surface area (Å²) in [6, 6.07) is 7.60. The van der Waals surface area contributed by atoms with Gasteiger partial charge in [0, 0.05) is 12.3 Å². The van der Waals surface area contributed by atoms with Crippen LogP contribution in [0.2, 0.25) is 0 Å². The number of carbonyl (C=O) groups excluding carboxylic acids is 1. The number of thioether (sulfide) groups is 1. The SMILES string of the molecule is CCNc1nc(CSc2nc3ccccc3o2)c(C(=O)OCC)s1. The number of hydrogen-bond acceptors (Lipinski definition) is 8. The zero-order valence-electron chi connectivity index (χ0n) is 13.4. The molecule has 0 fully saturated rings. The molecule has 0 unspecified atom stereocenters. The number of thiazole rings is 1. The first kappa shape index (κ1) is 16.8. The van der Waals surface area contributed by atoms with Crippen LogP contribution in [-0.2, 0) is 10.5 Å². The van der Waals surface area contributed by atoms with Gasteiger partial charge in [0.05, 0.1) is 12.3 Å². The van der Waals surface area contributed by atoms with Crippen LogP contribution in [0, 0.1) is 0 Å². The van der Waals surface area contributed by atoms with Crippen molar-refractivity contribution in [3.8, 4) is 0 Å². The summed E-state index contributed by atoms with van der Waals surface area (Å²) in [6.07, 6.45) is 0. The first-order chi connectivity index (χ1) is 11.7. The maximum atomic E-state index is 12.1. The van der Waals surface area contributed by atoms with Gasteiger partial charge in [0.25, 0.3) is 5.22 Å². The van der Waals surface area contributed by atoms with Crippen molar-refractivity contribution >= 4 is 45.3 Å². The fourth-order valence-corrected chi connectivity index (χ4v) is 3.89. The fourth-order valence-electron chi connectivity index (χ4n) is 2.08. The van der Waals surface area contributed by atoms with Gasteiger partial charge in [-0.1, -0.05) is 35.2 Å². The van der Waals surface area contributed by atoms with Gasteiger partial charge in [-0.2, -0.15) is 0 Å². The van der Waals surface area contributed by atoms with Gasteiger partial charge in [0.15, 0.2) is 10.7 Å². The van der Waals surface area contributed by atoms with Gasteiger partial charge in [-0.15, -0.1) is 0 Å². The Morgan fingerprint density at radius 1 is 1.33 bits per heavy atom. The van der Waals surface area contributed by atoms with E-state index in [9.17, 15) is 4.79 Å². The molecule has 0 aliphatic carbocycles. The predicted octanol–water partition coefficient (Wildman–Crippen LogP) is 4.19. The molecule has 0 bridgehead atoms. The Bertz CT molecular complexity index is 811. The lowest BCUT2D eigenvalue weighted by Crippen LogP contribution is -2.05. The minimum Gasteiger partial charge on any atom is -0.462 e. The molecule has 2 aromatic heterocycles. The highest BCUT2D eigenvalue weighted by Crippen LogP contribution is 2.31. The Labute approximate surface area is 147 Å². The summed E-state index contributed by atoms with van der Waals surface area (Å²) in [5.41, 5.74) is 2.25. The summed E-state index contributed by atoms with van der Waals surface area (Å²) < 4.78 is 10.8. The molecule has 3 rings (SSSR count). The van der Waals surface area contributed by atoms with E-state index < -0.39 is 0 Å². The zero-order valence-corrected chi connectivity index (χ0v) is 15.0. The van der Waals surface area contributed by atoms with Crippen LogP contribution in [0.15, 0.2) is 33.9 Å². The number of rotatable bonds is 7. The average molecular weight is 363 g/mol. The summed E-state index contributed by atoms with van der Waals surface area (Å²) >= 11 is 2.72. The number of anilines is 1. The van der Waals surface area contributed by atoms with Gasteiger partial charge >= 0.3 is 5.97 Å². The van der Waals surface area contributed by atoms with E-state index in [4.69, 9.17) is 9.15 Å². The second-order valence-corrected chi connectivity index (χ2v) is 6.71. The minimum absolute atomic E-state index is 0.338. The molecule has 0 amide bonds. The number of oxazole rings is 1. The number of ether oxygens (including phenoxy) is 1. The highest BCUT2D eigenvalue weighted by molar-refractivity contribution is 7.98. The Balaban J connectivity index is 1.78. The molecular formula is C16H17N3O3S2. The molecule has 1 aromatic carbocycles. The highest BCUT2D eigenvalue weighted by Gasteiger charge is 2.20. The van der Waals surface area contributed by atoms with Crippen LogP contribution >= 0.6 is 23.1 Å². The van der Waals surface area contributed by atoms with E-state index in [-0.39, 0.29) is 5.97 Å². The molecule has 3 aromatic rings. The lowest BCUT2D eigenvalue weighted by atomic mass is 10.3. The van der Waals surface area contributed by atoms with E-state index in [1.165, 1.54) is 23.1 Å². The Morgan fingerprint density at radius 3 is 2.92 bits per heavy atom. The standard InChI is InChI=1S/C16H17N3O3S2/c1-3-17-15-18-11(13(24-15)14(20)21-4-2)9-23-16-19-10-7-5-6-8-12(10)22-16/h5-8H,3-4,9H2,1-2H3,(H,17,18). The van der Waals surface area contributed by atoms with Crippen molar-refractivity contribution in [1.82, 2.24) is 9.97 Å². The van der Waals surface area contributed by atoms with Crippen molar-refractivity contribution in [2.24, 2.45) is 0 Å². The quantitative estimate of drug-likeness (QED) is 0.498. The Morgan fingerprint density at radius 2 is 2.17 bits per heavy atom. The lowest BCUT2D eigenvalue weighted by Gasteiger charge is -2.00. The van der Waals surface area contributed by atoms with Crippen molar-refractivity contribution in [1.29, 1.82) is 0 Å². The summed E-state index contributed by atoms with van der Waals surface area (Å²) in [5, 5.41) is 4.41. The molecule has 1 N–H and O–H groups in total. The monoisotopic (exact) mass is 363 g/mol. The molecule has 24 heavy (non-hydrogen) atoms. The molecule has 0 aliphatic rings. The number of carbonyl (C=O) groups is 1. The first-order valence-corrected chi connectivity index (χ1v) is 9.40. The number of para-hydroxylation sites is 2. The van der Waals surface area contributed by atoms with Gasteiger partial charge in [-0.05, 0) is 26.0 Å². The number of benzene rings is 1. The maximum absolute atomic E-state index is 12.1. The van der Waals surface area contributed by atoms with Crippen LogP contribution in [0.1, 0.15) is 29.2 Å². The molecule has 0 saturated heterocycles. The molecule has 0 aliphatic heterocycles. The third-order valence-corrected chi connectivity index (χ3v) is 4.97. The number of esters is 1. The Kier molecular flexibility index (Phi) is 5.37. The van der Waals surface area contributed by atoms with Gasteiger partial charge < -0.3 is 14.5 Å². The molecule has 2 heterocycles. The van der Waals surface area contributed by atoms with Crippen molar-refractivity contribution in [2.45, 2.75) is 24.8 Å². The number of nitrogens with one attached hydrogen (secondary N) is 1. The lowest BCUT2D eigenvalue weighted by molar-refractivity contribution is 0.0531. The summed E-state index contributed by atoms with van der Waals surface area (Å²) in [5.74, 6) is 0.149. The van der Waals surface area contributed by atoms with Crippen LogP contribution in [0.5, 0.6) is 0 Å². The fraction of sp³-hybridized carbons (Fsp3) is 0.312. The third kappa shape index (κ3) is 3.70. The van der Waals surface area contributed by atoms with Crippen molar-refractivity contribution < 1.29 is 13.9 Å². The van der Waals surface area contributed by atoms with Crippen LogP contribution in [0.25, 0.3) is 11.1 Å². The normalized spacial score (nSPS) is 10.9. The van der Waals surface area contributed by atoms with E-state index >= 15 is 0 Å². The smallest absolute Gasteiger partial charge is 0.350 e. The largest absolute Gasteiger partial charge is 0.462 e. The van der Waals surface area contributed by atoms with Crippen LogP contribution in [0.3, 0.4) is 0 Å². The van der Waals surface area contributed by atoms with Crippen LogP contribution < -0.4 is 5.32 Å². The predicted molar refractivity (Wildman–Crippen MR) is 95.8 cm³/mol. The van der Waals surface area contributed by atoms with Gasteiger partial charge in [0.2, 0.25) is 0 Å². The van der Waals surface area contributed by atoms with Crippen molar-refractivity contribution in [2.75, 3.05) is 18.5 Å². The minimum atomic E-state index is -0.340. The first-order valence-electron chi connectivity index (χ1n) is 7.60. The number of fused-ring (bicyclic) bond motifs is 1. The molecule has 0 saturated carbocycles. The molecule has 0 radical (unpaired) electrons. The second-order valence-electron chi connectivity index (χ2n) is 4.78. The summed E-state index contributed by atoms with van der Waals surface area (Å²) in [7, 11) is 0. The molecular weight excluding hydrogens is 346 g/mol. The van der Waals surface area contributed by atoms with E-state index in [1.807, 2.05) is 31.2 Å². The van der Waals surface area contributed by atoms with Crippen molar-refractivity contribution in [3.05, 3.63) is 34.8 Å². The van der Waals surface area contributed by atoms with Crippen LogP contribution in [-0.4, -0.2) is 29.1 Å². The average Bonchev–Trinajstić information content (AvgIpc) is 3.16. The molecule has 8 heteroatoms. The Hall–Kier alpha value is -2.06. The molecule has 0 atom stereocenters. The van der Waals surface area contributed by atoms with Gasteiger partial charge in [0.1, 0.15) is 10.4 Å². The van der Waals surface area contributed by atoms with E-state index in [2.05, 4.69) is 15.3 Å². The molecule has 0 spiro atoms. The van der Waals surface area contributed by atoms with E-state index in [0.29, 0.717) is 33.3 Å². The van der Waals surface area contributed by atoms with Crippen molar-refractivity contribution in [3.63, 3.8) is 0 Å². The second kappa shape index (κ2) is 7.67. The third-order valence-electron chi connectivity index (χ3n) is 3.09. The molecule has 126 valence electrons. The topological polar surface area (TPSA) is 77.3 Å². The number of aromatic nitrogens is 2. The highest BCUT2D eigenvalue weighted by atomic mass is 32.2. The van der Waals surface area contributed by atoms with E-state index in [1.54, 1.807) is 6.92 Å². The van der Waals surface area contributed by atoms with Gasteiger partial charge in [-0.3, -0.25) is 0 Å². The summed E-state index contributed by atoms with van der Waals surface area (Å²) in [4.78, 5) is 21.5. The number of hydrogen-bond donors (Lipinski definition) is 1. The van der Waals surface area contributed by atoms with E-state index in [0.717, 1.165) is 17.6 Å². The molecule has 6 nitrogen and oxygen atoms in total. The number of nitrogens with zero attached hydrogens (tertiary/aromatic N) is 2. The van der Waals surface area contributed by atoms with Gasteiger partial charge in [-0.25, -0.2) is 14.8 Å². The maximum Gasteiger partial charge on any atom is 0.350 e. The summed E-state index contributed by atoms with van der Waals surface area (Å²) in [6.45, 7) is 4.85. The zero-order chi connectivity index (χ0) is 16.9. The van der Waals surface area contributed by atoms with Crippen LogP contribution in [0.4, 0.5) is 5.13 Å².